The van der Waals surface area contributed by atoms with E-state index in [1.165, 1.54) is 4.90 Å². The molecule has 0 fully saturated rings. The molecule has 8 nitrogen and oxygen atoms in total. The summed E-state index contributed by atoms with van der Waals surface area (Å²) in [6.45, 7) is -0.711. The lowest BCUT2D eigenvalue weighted by molar-refractivity contribution is -0.136. The van der Waals surface area contributed by atoms with Gasteiger partial charge in [0.05, 0.1) is 17.9 Å². The average molecular weight is 472 g/mol. The molecule has 1 aliphatic heterocycles. The fourth-order valence-corrected chi connectivity index (χ4v) is 4.09. The van der Waals surface area contributed by atoms with Gasteiger partial charge in [0.15, 0.2) is 0 Å². The number of para-hydroxylation sites is 2. The third kappa shape index (κ3) is 5.55. The summed E-state index contributed by atoms with van der Waals surface area (Å²) in [7, 11) is 0. The van der Waals surface area contributed by atoms with Gasteiger partial charge in [0.2, 0.25) is 5.91 Å². The first-order valence-electron chi connectivity index (χ1n) is 11.3. The molecule has 0 radical (unpaired) electrons. The summed E-state index contributed by atoms with van der Waals surface area (Å²) in [6.07, 6.45) is 0.691. The standard InChI is InChI=1S/C27H25N3O5/c31-24(16-15-19-9-3-1-4-10-19)29-17-21(28-26(34)20-11-5-2-6-12-20)27(35)30(18-25(32)33)23-14-8-7-13-22(23)29/h1-14,21H,15-18H2,(H,28,34)(H,32,33)/t21-/m0/s1. The van der Waals surface area contributed by atoms with E-state index in [0.29, 0.717) is 23.4 Å². The first-order chi connectivity index (χ1) is 16.9. The zero-order valence-electron chi connectivity index (χ0n) is 19.0. The molecule has 1 heterocycles. The van der Waals surface area contributed by atoms with Crippen molar-refractivity contribution < 1.29 is 24.3 Å². The van der Waals surface area contributed by atoms with Crippen molar-refractivity contribution in [3.63, 3.8) is 0 Å². The van der Waals surface area contributed by atoms with Crippen molar-refractivity contribution in [2.24, 2.45) is 0 Å². The fraction of sp³-hybridized carbons (Fsp3) is 0.185. The molecule has 0 bridgehead atoms. The van der Waals surface area contributed by atoms with Gasteiger partial charge in [-0.05, 0) is 36.2 Å². The number of carbonyl (C=O) groups is 4. The number of hydrogen-bond acceptors (Lipinski definition) is 4. The number of amides is 3. The van der Waals surface area contributed by atoms with Crippen LogP contribution >= 0.6 is 0 Å². The maximum Gasteiger partial charge on any atom is 0.323 e. The summed E-state index contributed by atoms with van der Waals surface area (Å²) in [5, 5.41) is 12.2. The number of carboxylic acids is 1. The number of anilines is 2. The van der Waals surface area contributed by atoms with E-state index in [1.54, 1.807) is 54.6 Å². The van der Waals surface area contributed by atoms with Crippen LogP contribution < -0.4 is 15.1 Å². The summed E-state index contributed by atoms with van der Waals surface area (Å²) in [5.74, 6) is -2.51. The van der Waals surface area contributed by atoms with Gasteiger partial charge in [0.1, 0.15) is 12.6 Å². The van der Waals surface area contributed by atoms with Gasteiger partial charge in [-0.3, -0.25) is 24.1 Å². The Morgan fingerprint density at radius 1 is 0.857 bits per heavy atom. The van der Waals surface area contributed by atoms with Crippen molar-refractivity contribution in [1.82, 2.24) is 5.32 Å². The van der Waals surface area contributed by atoms with Crippen LogP contribution in [0, 0.1) is 0 Å². The highest BCUT2D eigenvalue weighted by atomic mass is 16.4. The molecule has 35 heavy (non-hydrogen) atoms. The van der Waals surface area contributed by atoms with E-state index < -0.39 is 30.4 Å². The summed E-state index contributed by atoms with van der Waals surface area (Å²) in [5.41, 5.74) is 2.09. The van der Waals surface area contributed by atoms with E-state index >= 15 is 0 Å². The summed E-state index contributed by atoms with van der Waals surface area (Å²) < 4.78 is 0. The van der Waals surface area contributed by atoms with Gasteiger partial charge >= 0.3 is 5.97 Å². The summed E-state index contributed by atoms with van der Waals surface area (Å²) >= 11 is 0. The molecule has 0 aliphatic carbocycles. The molecule has 3 aromatic carbocycles. The van der Waals surface area contributed by atoms with Gasteiger partial charge in [-0.2, -0.15) is 0 Å². The first kappa shape index (κ1) is 23.7. The van der Waals surface area contributed by atoms with Crippen molar-refractivity contribution in [1.29, 1.82) is 0 Å². The number of rotatable bonds is 7. The Hall–Kier alpha value is -4.46. The zero-order valence-corrected chi connectivity index (χ0v) is 19.0. The number of nitrogens with zero attached hydrogens (tertiary/aromatic N) is 2. The first-order valence-corrected chi connectivity index (χ1v) is 11.3. The lowest BCUT2D eigenvalue weighted by atomic mass is 10.1. The number of fused-ring (bicyclic) bond motifs is 1. The van der Waals surface area contributed by atoms with Crippen molar-refractivity contribution in [2.45, 2.75) is 18.9 Å². The van der Waals surface area contributed by atoms with Gasteiger partial charge in [-0.25, -0.2) is 0 Å². The van der Waals surface area contributed by atoms with Crippen LogP contribution in [0.2, 0.25) is 0 Å². The molecule has 0 unspecified atom stereocenters. The summed E-state index contributed by atoms with van der Waals surface area (Å²) in [6, 6.07) is 23.5. The predicted molar refractivity (Wildman–Crippen MR) is 131 cm³/mol. The Morgan fingerprint density at radius 3 is 2.11 bits per heavy atom. The Labute approximate surface area is 202 Å². The van der Waals surface area contributed by atoms with E-state index in [-0.39, 0.29) is 18.9 Å². The van der Waals surface area contributed by atoms with Gasteiger partial charge in [0.25, 0.3) is 11.8 Å². The van der Waals surface area contributed by atoms with Gasteiger partial charge in [-0.15, -0.1) is 0 Å². The molecule has 8 heteroatoms. The normalized spacial score (nSPS) is 15.2. The summed E-state index contributed by atoms with van der Waals surface area (Å²) in [4.78, 5) is 53.9. The van der Waals surface area contributed by atoms with Crippen molar-refractivity contribution in [2.75, 3.05) is 22.9 Å². The van der Waals surface area contributed by atoms with Crippen LogP contribution in [0.25, 0.3) is 0 Å². The molecule has 0 spiro atoms. The number of carboxylic acid groups (broad SMARTS) is 1. The van der Waals surface area contributed by atoms with Crippen molar-refractivity contribution >= 4 is 35.1 Å². The molecule has 0 aromatic heterocycles. The van der Waals surface area contributed by atoms with E-state index in [9.17, 15) is 24.3 Å². The molecule has 3 amide bonds. The number of carbonyl (C=O) groups excluding carboxylic acids is 3. The molecule has 0 saturated carbocycles. The van der Waals surface area contributed by atoms with Crippen molar-refractivity contribution in [3.05, 3.63) is 96.1 Å². The number of aryl methyl sites for hydroxylation is 1. The molecule has 0 saturated heterocycles. The second-order valence-electron chi connectivity index (χ2n) is 8.19. The highest BCUT2D eigenvalue weighted by Crippen LogP contribution is 2.33. The van der Waals surface area contributed by atoms with Crippen LogP contribution in [0.5, 0.6) is 0 Å². The highest BCUT2D eigenvalue weighted by molar-refractivity contribution is 6.10. The largest absolute Gasteiger partial charge is 0.480 e. The third-order valence-corrected chi connectivity index (χ3v) is 5.80. The second kappa shape index (κ2) is 10.6. The molecular weight excluding hydrogens is 446 g/mol. The highest BCUT2D eigenvalue weighted by Gasteiger charge is 2.37. The minimum absolute atomic E-state index is 0.113. The topological polar surface area (TPSA) is 107 Å². The number of aliphatic carboxylic acids is 1. The minimum Gasteiger partial charge on any atom is -0.480 e. The van der Waals surface area contributed by atoms with Gasteiger partial charge in [-0.1, -0.05) is 60.7 Å². The van der Waals surface area contributed by atoms with E-state index in [0.717, 1.165) is 10.5 Å². The quantitative estimate of drug-likeness (QED) is 0.551. The Kier molecular flexibility index (Phi) is 7.21. The Balaban J connectivity index is 1.66. The second-order valence-corrected chi connectivity index (χ2v) is 8.19. The monoisotopic (exact) mass is 471 g/mol. The molecule has 178 valence electrons. The van der Waals surface area contributed by atoms with Crippen LogP contribution in [0.4, 0.5) is 11.4 Å². The predicted octanol–water partition coefficient (Wildman–Crippen LogP) is 2.88. The van der Waals surface area contributed by atoms with Crippen LogP contribution in [0.1, 0.15) is 22.3 Å². The van der Waals surface area contributed by atoms with Crippen LogP contribution in [0.3, 0.4) is 0 Å². The van der Waals surface area contributed by atoms with E-state index in [4.69, 9.17) is 0 Å². The Morgan fingerprint density at radius 2 is 1.46 bits per heavy atom. The maximum atomic E-state index is 13.5. The number of hydrogen-bond donors (Lipinski definition) is 2. The smallest absolute Gasteiger partial charge is 0.323 e. The number of nitrogens with one attached hydrogen (secondary N) is 1. The van der Waals surface area contributed by atoms with Gasteiger partial charge < -0.3 is 15.3 Å². The van der Waals surface area contributed by atoms with Gasteiger partial charge in [0, 0.05) is 12.0 Å². The molecular formula is C27H25N3O5. The van der Waals surface area contributed by atoms with Crippen LogP contribution in [0.15, 0.2) is 84.9 Å². The van der Waals surface area contributed by atoms with Crippen LogP contribution in [-0.4, -0.2) is 47.9 Å². The molecule has 1 atom stereocenters. The van der Waals surface area contributed by atoms with Crippen LogP contribution in [-0.2, 0) is 20.8 Å². The van der Waals surface area contributed by atoms with Crippen molar-refractivity contribution in [3.8, 4) is 0 Å². The molecule has 1 aliphatic rings. The SMILES string of the molecule is O=C(O)CN1C(=O)[C@@H](NC(=O)c2ccccc2)CN(C(=O)CCc2ccccc2)c2ccccc21. The number of benzene rings is 3. The Bertz CT molecular complexity index is 1230. The lowest BCUT2D eigenvalue weighted by Crippen LogP contribution is -2.53. The lowest BCUT2D eigenvalue weighted by Gasteiger charge is -2.25. The zero-order chi connectivity index (χ0) is 24.8. The molecule has 2 N–H and O–H groups in total. The van der Waals surface area contributed by atoms with E-state index in [1.807, 2.05) is 30.3 Å². The fourth-order valence-electron chi connectivity index (χ4n) is 4.09. The maximum absolute atomic E-state index is 13.5. The molecule has 3 aromatic rings. The molecule has 4 rings (SSSR count). The average Bonchev–Trinajstić information content (AvgIpc) is 2.99. The van der Waals surface area contributed by atoms with E-state index in [2.05, 4.69) is 5.32 Å². The third-order valence-electron chi connectivity index (χ3n) is 5.80. The minimum atomic E-state index is -1.20.